The number of nitrogens with two attached hydrogens (primary N) is 1. The molecule has 6 N–H and O–H groups in total. The van der Waals surface area contributed by atoms with Gasteiger partial charge in [0.25, 0.3) is 0 Å². The smallest absolute Gasteiger partial charge is 0.303 e. The van der Waals surface area contributed by atoms with Crippen LogP contribution in [0.2, 0.25) is 0 Å². The molecule has 0 radical (unpaired) electrons. The molecule has 3 aromatic rings. The lowest BCUT2D eigenvalue weighted by molar-refractivity contribution is -0.137. The third-order valence-corrected chi connectivity index (χ3v) is 5.64. The van der Waals surface area contributed by atoms with Gasteiger partial charge in [-0.25, -0.2) is 0 Å². The molecule has 0 aliphatic carbocycles. The fourth-order valence-corrected chi connectivity index (χ4v) is 3.75. The van der Waals surface area contributed by atoms with Crippen LogP contribution < -0.4 is 25.8 Å². The number of benzene rings is 3. The van der Waals surface area contributed by atoms with Gasteiger partial charge in [-0.05, 0) is 59.5 Å². The number of carboxylic acids is 1. The first kappa shape index (κ1) is 26.1. The Hall–Kier alpha value is -4.53. The maximum Gasteiger partial charge on any atom is 0.303 e. The van der Waals surface area contributed by atoms with Gasteiger partial charge in [-0.2, -0.15) is 0 Å². The average molecular weight is 491 g/mol. The quantitative estimate of drug-likeness (QED) is 0.193. The minimum atomic E-state index is -0.950. The summed E-state index contributed by atoms with van der Waals surface area (Å²) in [4.78, 5) is 24.8. The van der Waals surface area contributed by atoms with Gasteiger partial charge in [-0.1, -0.05) is 30.3 Å². The van der Waals surface area contributed by atoms with Crippen LogP contribution in [0, 0.1) is 5.41 Å². The van der Waals surface area contributed by atoms with E-state index >= 15 is 0 Å². The molecular formula is C27H30N4O5. The van der Waals surface area contributed by atoms with Crippen molar-refractivity contribution in [1.29, 1.82) is 5.41 Å². The number of aliphatic carboxylic acids is 1. The van der Waals surface area contributed by atoms with Crippen LogP contribution in [0.25, 0.3) is 0 Å². The van der Waals surface area contributed by atoms with Gasteiger partial charge in [0.2, 0.25) is 5.91 Å². The zero-order valence-corrected chi connectivity index (χ0v) is 20.2. The number of carbonyl (C=O) groups excluding carboxylic acids is 1. The number of ether oxygens (including phenoxy) is 2. The molecule has 0 bridgehead atoms. The lowest BCUT2D eigenvalue weighted by Gasteiger charge is -2.24. The number of hydrogen-bond donors (Lipinski definition) is 5. The molecule has 188 valence electrons. The first-order chi connectivity index (χ1) is 17.3. The number of anilines is 1. The van der Waals surface area contributed by atoms with Crippen molar-refractivity contribution in [3.63, 3.8) is 0 Å². The predicted molar refractivity (Wildman–Crippen MR) is 138 cm³/mol. The number of aryl methyl sites for hydroxylation is 1. The number of nitrogens with one attached hydrogen (secondary N) is 3. The summed E-state index contributed by atoms with van der Waals surface area (Å²) in [6, 6.07) is 18.9. The van der Waals surface area contributed by atoms with Crippen LogP contribution >= 0.6 is 0 Å². The number of nitrogen functional groups attached to an aromatic ring is 1. The van der Waals surface area contributed by atoms with Crippen LogP contribution in [0.4, 0.5) is 5.69 Å². The van der Waals surface area contributed by atoms with Gasteiger partial charge >= 0.3 is 5.97 Å². The Morgan fingerprint density at radius 2 is 1.64 bits per heavy atom. The molecule has 3 rings (SSSR count). The number of methoxy groups -OCH3 is 2. The van der Waals surface area contributed by atoms with Crippen molar-refractivity contribution in [2.75, 3.05) is 19.5 Å². The molecule has 9 heteroatoms. The van der Waals surface area contributed by atoms with Crippen LogP contribution in [0.3, 0.4) is 0 Å². The molecule has 0 spiro atoms. The molecule has 0 aliphatic rings. The second-order valence-corrected chi connectivity index (χ2v) is 8.07. The molecule has 1 atom stereocenters. The molecule has 3 aromatic carbocycles. The Morgan fingerprint density at radius 3 is 2.22 bits per heavy atom. The molecular weight excluding hydrogens is 460 g/mol. The zero-order valence-electron chi connectivity index (χ0n) is 20.2. The van der Waals surface area contributed by atoms with E-state index in [4.69, 9.17) is 20.6 Å². The van der Waals surface area contributed by atoms with Crippen molar-refractivity contribution in [1.82, 2.24) is 5.32 Å². The minimum Gasteiger partial charge on any atom is -0.493 e. The summed E-state index contributed by atoms with van der Waals surface area (Å²) in [7, 11) is 2.99. The summed E-state index contributed by atoms with van der Waals surface area (Å²) < 4.78 is 10.9. The second kappa shape index (κ2) is 12.3. The monoisotopic (exact) mass is 490 g/mol. The van der Waals surface area contributed by atoms with Gasteiger partial charge in [0.1, 0.15) is 11.9 Å². The first-order valence-corrected chi connectivity index (χ1v) is 11.3. The Bertz CT molecular complexity index is 1210. The highest BCUT2D eigenvalue weighted by atomic mass is 16.5. The Balaban J connectivity index is 2.02. The topological polar surface area (TPSA) is 147 Å². The highest BCUT2D eigenvalue weighted by Crippen LogP contribution is 2.35. The van der Waals surface area contributed by atoms with E-state index in [1.54, 1.807) is 36.4 Å². The van der Waals surface area contributed by atoms with E-state index in [-0.39, 0.29) is 24.6 Å². The van der Waals surface area contributed by atoms with E-state index in [1.165, 1.54) is 14.2 Å². The molecule has 36 heavy (non-hydrogen) atoms. The van der Waals surface area contributed by atoms with E-state index < -0.39 is 12.0 Å². The molecule has 0 aliphatic heterocycles. The number of rotatable bonds is 12. The summed E-state index contributed by atoms with van der Waals surface area (Å²) in [5.41, 5.74) is 8.88. The SMILES string of the molecule is COc1cc(CCC(=O)O)c(C(Nc2ccc(C(=N)N)cc2)C(=O)NCc2ccccc2)cc1OC. The Kier molecular flexibility index (Phi) is 8.88. The standard InChI is InChI=1S/C27H30N4O5/c1-35-22-14-19(10-13-24(32)33)21(15-23(22)36-2)25(27(34)30-16-17-6-4-3-5-7-17)31-20-11-8-18(9-12-20)26(28)29/h3-9,11-12,14-15,25,31H,10,13,16H2,1-2H3,(H3,28,29)(H,30,34)(H,32,33). The van der Waals surface area contributed by atoms with Crippen molar-refractivity contribution in [3.05, 3.63) is 89.0 Å². The largest absolute Gasteiger partial charge is 0.493 e. The first-order valence-electron chi connectivity index (χ1n) is 11.3. The van der Waals surface area contributed by atoms with E-state index in [1.807, 2.05) is 30.3 Å². The fraction of sp³-hybridized carbons (Fsp3) is 0.222. The van der Waals surface area contributed by atoms with Crippen LogP contribution in [-0.2, 0) is 22.6 Å². The van der Waals surface area contributed by atoms with E-state index in [0.29, 0.717) is 40.4 Å². The maximum absolute atomic E-state index is 13.5. The molecule has 9 nitrogen and oxygen atoms in total. The molecule has 0 fully saturated rings. The highest BCUT2D eigenvalue weighted by Gasteiger charge is 2.26. The summed E-state index contributed by atoms with van der Waals surface area (Å²) in [5.74, 6) is -0.460. The number of amides is 1. The van der Waals surface area contributed by atoms with E-state index in [2.05, 4.69) is 10.6 Å². The number of amidine groups is 1. The lowest BCUT2D eigenvalue weighted by Crippen LogP contribution is -2.34. The van der Waals surface area contributed by atoms with Crippen LogP contribution in [0.15, 0.2) is 66.7 Å². The summed E-state index contributed by atoms with van der Waals surface area (Å²) >= 11 is 0. The van der Waals surface area contributed by atoms with E-state index in [0.717, 1.165) is 5.56 Å². The van der Waals surface area contributed by atoms with Gasteiger partial charge in [0.15, 0.2) is 11.5 Å². The molecule has 0 saturated heterocycles. The highest BCUT2D eigenvalue weighted by molar-refractivity contribution is 5.95. The van der Waals surface area contributed by atoms with Crippen molar-refractivity contribution >= 4 is 23.4 Å². The van der Waals surface area contributed by atoms with Gasteiger partial charge in [-0.15, -0.1) is 0 Å². The van der Waals surface area contributed by atoms with Crippen molar-refractivity contribution in [3.8, 4) is 11.5 Å². The number of carboxylic acid groups (broad SMARTS) is 1. The lowest BCUT2D eigenvalue weighted by atomic mass is 9.95. The molecule has 1 unspecified atom stereocenters. The zero-order chi connectivity index (χ0) is 26.1. The third-order valence-electron chi connectivity index (χ3n) is 5.64. The van der Waals surface area contributed by atoms with E-state index in [9.17, 15) is 14.7 Å². The third kappa shape index (κ3) is 6.75. The van der Waals surface area contributed by atoms with Crippen LogP contribution in [0.1, 0.15) is 34.7 Å². The van der Waals surface area contributed by atoms with Gasteiger partial charge < -0.3 is 30.9 Å². The molecule has 0 aromatic heterocycles. The fourth-order valence-electron chi connectivity index (χ4n) is 3.75. The Morgan fingerprint density at radius 1 is 1.00 bits per heavy atom. The maximum atomic E-state index is 13.5. The van der Waals surface area contributed by atoms with Gasteiger partial charge in [-0.3, -0.25) is 15.0 Å². The average Bonchev–Trinajstić information content (AvgIpc) is 2.89. The minimum absolute atomic E-state index is 0.0606. The summed E-state index contributed by atoms with van der Waals surface area (Å²) in [6.45, 7) is 0.318. The van der Waals surface area contributed by atoms with Crippen molar-refractivity contribution in [2.45, 2.75) is 25.4 Å². The Labute approximate surface area is 209 Å². The molecule has 0 heterocycles. The van der Waals surface area contributed by atoms with Crippen LogP contribution in [-0.4, -0.2) is 37.0 Å². The predicted octanol–water partition coefficient (Wildman–Crippen LogP) is 3.47. The second-order valence-electron chi connectivity index (χ2n) is 8.07. The van der Waals surface area contributed by atoms with Gasteiger partial charge in [0.05, 0.1) is 14.2 Å². The van der Waals surface area contributed by atoms with Gasteiger partial charge in [0, 0.05) is 24.2 Å². The normalized spacial score (nSPS) is 11.3. The number of carbonyl (C=O) groups is 2. The summed E-state index contributed by atoms with van der Waals surface area (Å²) in [6.07, 6.45) is 0.0760. The van der Waals surface area contributed by atoms with Crippen molar-refractivity contribution in [2.24, 2.45) is 5.73 Å². The molecule has 1 amide bonds. The molecule has 0 saturated carbocycles. The van der Waals surface area contributed by atoms with Crippen LogP contribution in [0.5, 0.6) is 11.5 Å². The summed E-state index contributed by atoms with van der Waals surface area (Å²) in [5, 5.41) is 23.1. The van der Waals surface area contributed by atoms with Crippen molar-refractivity contribution < 1.29 is 24.2 Å². The number of hydrogen-bond acceptors (Lipinski definition) is 6.